The van der Waals surface area contributed by atoms with Crippen molar-refractivity contribution in [3.05, 3.63) is 23.8 Å². The van der Waals surface area contributed by atoms with Crippen molar-refractivity contribution in [2.24, 2.45) is 0 Å². The van der Waals surface area contributed by atoms with Crippen LogP contribution in [0.1, 0.15) is 10.4 Å². The molecule has 0 aliphatic carbocycles. The van der Waals surface area contributed by atoms with E-state index in [0.29, 0.717) is 17.0 Å². The first-order valence-electron chi connectivity index (χ1n) is 6.28. The van der Waals surface area contributed by atoms with Crippen LogP contribution in [0.4, 0.5) is 5.69 Å². The minimum Gasteiger partial charge on any atom is -0.497 e. The number of hydrogen-bond donors (Lipinski definition) is 2. The molecule has 1 aliphatic heterocycles. The molecule has 1 aliphatic rings. The molecule has 0 radical (unpaired) electrons. The molecule has 0 bridgehead atoms. The summed E-state index contributed by atoms with van der Waals surface area (Å²) in [6.07, 6.45) is 0. The van der Waals surface area contributed by atoms with Gasteiger partial charge >= 0.3 is 0 Å². The third-order valence-electron chi connectivity index (χ3n) is 3.27. The number of hydrogen-bond acceptors (Lipinski definition) is 5. The number of carbonyl (C=O) groups is 1. The SMILES string of the molecule is COc1ccc(N)c(C(=O)NN2CCN(C)CC2)c1. The van der Waals surface area contributed by atoms with Crippen molar-refractivity contribution in [2.75, 3.05) is 46.1 Å². The quantitative estimate of drug-likeness (QED) is 0.762. The normalized spacial score (nSPS) is 17.2. The van der Waals surface area contributed by atoms with Crippen LogP contribution in [-0.4, -0.2) is 56.2 Å². The second-order valence-corrected chi connectivity index (χ2v) is 4.68. The maximum atomic E-state index is 12.2. The van der Waals surface area contributed by atoms with Gasteiger partial charge in [-0.1, -0.05) is 0 Å². The van der Waals surface area contributed by atoms with E-state index in [1.165, 1.54) is 0 Å². The van der Waals surface area contributed by atoms with E-state index in [2.05, 4.69) is 17.4 Å². The third kappa shape index (κ3) is 3.36. The van der Waals surface area contributed by atoms with E-state index in [1.807, 2.05) is 5.01 Å². The highest BCUT2D eigenvalue weighted by Crippen LogP contribution is 2.19. The molecule has 0 saturated carbocycles. The average Bonchev–Trinajstić information content (AvgIpc) is 2.42. The summed E-state index contributed by atoms with van der Waals surface area (Å²) in [5, 5.41) is 1.92. The van der Waals surface area contributed by atoms with Crippen LogP contribution < -0.4 is 15.9 Å². The Labute approximate surface area is 113 Å². The second-order valence-electron chi connectivity index (χ2n) is 4.68. The monoisotopic (exact) mass is 264 g/mol. The highest BCUT2D eigenvalue weighted by atomic mass is 16.5. The zero-order chi connectivity index (χ0) is 13.8. The number of likely N-dealkylation sites (N-methyl/N-ethyl adjacent to an activating group) is 1. The Balaban J connectivity index is 2.03. The fourth-order valence-corrected chi connectivity index (χ4v) is 1.98. The molecule has 6 nitrogen and oxygen atoms in total. The van der Waals surface area contributed by atoms with Gasteiger partial charge in [0.25, 0.3) is 5.91 Å². The number of amides is 1. The van der Waals surface area contributed by atoms with E-state index in [-0.39, 0.29) is 5.91 Å². The average molecular weight is 264 g/mol. The molecular weight excluding hydrogens is 244 g/mol. The molecule has 0 atom stereocenters. The first-order valence-corrected chi connectivity index (χ1v) is 6.28. The predicted octanol–water partition coefficient (Wildman–Crippen LogP) is 0.170. The van der Waals surface area contributed by atoms with E-state index in [1.54, 1.807) is 25.3 Å². The fourth-order valence-electron chi connectivity index (χ4n) is 1.98. The number of nitrogen functional groups attached to an aromatic ring is 1. The van der Waals surface area contributed by atoms with E-state index < -0.39 is 0 Å². The van der Waals surface area contributed by atoms with Crippen LogP contribution in [0.5, 0.6) is 5.75 Å². The molecule has 0 spiro atoms. The number of methoxy groups -OCH3 is 1. The van der Waals surface area contributed by atoms with Gasteiger partial charge in [0.05, 0.1) is 12.7 Å². The standard InChI is InChI=1S/C13H20N4O2/c1-16-5-7-17(8-6-16)15-13(18)11-9-10(19-2)3-4-12(11)14/h3-4,9H,5-8,14H2,1-2H3,(H,15,18). The number of nitrogens with one attached hydrogen (secondary N) is 1. The molecule has 1 heterocycles. The van der Waals surface area contributed by atoms with Crippen LogP contribution in [0.25, 0.3) is 0 Å². The van der Waals surface area contributed by atoms with Crippen LogP contribution in [0.2, 0.25) is 0 Å². The molecule has 1 saturated heterocycles. The van der Waals surface area contributed by atoms with Gasteiger partial charge in [0.15, 0.2) is 0 Å². The Kier molecular flexibility index (Phi) is 4.24. The summed E-state index contributed by atoms with van der Waals surface area (Å²) in [5.41, 5.74) is 9.60. The summed E-state index contributed by atoms with van der Waals surface area (Å²) in [4.78, 5) is 14.4. The lowest BCUT2D eigenvalue weighted by Crippen LogP contribution is -2.52. The van der Waals surface area contributed by atoms with Gasteiger partial charge < -0.3 is 15.4 Å². The summed E-state index contributed by atoms with van der Waals surface area (Å²) in [6.45, 7) is 3.50. The maximum Gasteiger partial charge on any atom is 0.267 e. The number of carbonyl (C=O) groups excluding carboxylic acids is 1. The number of piperazine rings is 1. The maximum absolute atomic E-state index is 12.2. The molecule has 0 unspecified atom stereocenters. The third-order valence-corrected chi connectivity index (χ3v) is 3.27. The Morgan fingerprint density at radius 3 is 2.63 bits per heavy atom. The lowest BCUT2D eigenvalue weighted by molar-refractivity contribution is 0.0663. The highest BCUT2D eigenvalue weighted by molar-refractivity contribution is 5.99. The molecule has 0 aromatic heterocycles. The largest absolute Gasteiger partial charge is 0.497 e. The summed E-state index contributed by atoms with van der Waals surface area (Å²) in [6, 6.07) is 5.07. The van der Waals surface area contributed by atoms with Crippen molar-refractivity contribution < 1.29 is 9.53 Å². The number of hydrazine groups is 1. The van der Waals surface area contributed by atoms with Crippen LogP contribution >= 0.6 is 0 Å². The molecule has 3 N–H and O–H groups in total. The first kappa shape index (κ1) is 13.6. The minimum absolute atomic E-state index is 0.194. The lowest BCUT2D eigenvalue weighted by atomic mass is 10.1. The Bertz CT molecular complexity index is 456. The summed E-state index contributed by atoms with van der Waals surface area (Å²) in [5.74, 6) is 0.429. The van der Waals surface area contributed by atoms with Gasteiger partial charge in [0, 0.05) is 31.9 Å². The van der Waals surface area contributed by atoms with E-state index >= 15 is 0 Å². The van der Waals surface area contributed by atoms with Crippen LogP contribution in [-0.2, 0) is 0 Å². The molecule has 19 heavy (non-hydrogen) atoms. The van der Waals surface area contributed by atoms with Crippen LogP contribution in [0, 0.1) is 0 Å². The Hall–Kier alpha value is -1.79. The number of nitrogens with zero attached hydrogens (tertiary/aromatic N) is 2. The van der Waals surface area contributed by atoms with Gasteiger partial charge in [-0.2, -0.15) is 0 Å². The zero-order valence-electron chi connectivity index (χ0n) is 11.3. The number of nitrogens with two attached hydrogens (primary N) is 1. The van der Waals surface area contributed by atoms with Crippen molar-refractivity contribution in [3.8, 4) is 5.75 Å². The second kappa shape index (κ2) is 5.90. The van der Waals surface area contributed by atoms with Gasteiger partial charge in [-0.05, 0) is 25.2 Å². The van der Waals surface area contributed by atoms with Crippen molar-refractivity contribution in [3.63, 3.8) is 0 Å². The van der Waals surface area contributed by atoms with Gasteiger partial charge in [-0.25, -0.2) is 5.01 Å². The first-order chi connectivity index (χ1) is 9.10. The number of anilines is 1. The zero-order valence-corrected chi connectivity index (χ0v) is 11.3. The summed E-state index contributed by atoms with van der Waals surface area (Å²) < 4.78 is 5.11. The highest BCUT2D eigenvalue weighted by Gasteiger charge is 2.18. The molecular formula is C13H20N4O2. The van der Waals surface area contributed by atoms with Crippen molar-refractivity contribution in [1.29, 1.82) is 0 Å². The minimum atomic E-state index is -0.194. The van der Waals surface area contributed by atoms with E-state index in [4.69, 9.17) is 10.5 Å². The summed E-state index contributed by atoms with van der Waals surface area (Å²) >= 11 is 0. The molecule has 1 fully saturated rings. The van der Waals surface area contributed by atoms with Crippen molar-refractivity contribution >= 4 is 11.6 Å². The van der Waals surface area contributed by atoms with Gasteiger partial charge in [-0.3, -0.25) is 10.2 Å². The number of benzene rings is 1. The fraction of sp³-hybridized carbons (Fsp3) is 0.462. The Morgan fingerprint density at radius 2 is 2.00 bits per heavy atom. The van der Waals surface area contributed by atoms with Crippen molar-refractivity contribution in [2.45, 2.75) is 0 Å². The molecule has 1 aromatic rings. The van der Waals surface area contributed by atoms with Crippen molar-refractivity contribution in [1.82, 2.24) is 15.3 Å². The lowest BCUT2D eigenvalue weighted by Gasteiger charge is -2.32. The van der Waals surface area contributed by atoms with Gasteiger partial charge in [-0.15, -0.1) is 0 Å². The van der Waals surface area contributed by atoms with Gasteiger partial charge in [0.2, 0.25) is 0 Å². The number of rotatable bonds is 3. The Morgan fingerprint density at radius 1 is 1.32 bits per heavy atom. The van der Waals surface area contributed by atoms with Crippen LogP contribution in [0.15, 0.2) is 18.2 Å². The smallest absolute Gasteiger partial charge is 0.267 e. The predicted molar refractivity (Wildman–Crippen MR) is 73.9 cm³/mol. The molecule has 2 rings (SSSR count). The molecule has 6 heteroatoms. The molecule has 104 valence electrons. The van der Waals surface area contributed by atoms with E-state index in [0.717, 1.165) is 26.2 Å². The number of ether oxygens (including phenoxy) is 1. The van der Waals surface area contributed by atoms with E-state index in [9.17, 15) is 4.79 Å². The molecule has 1 amide bonds. The molecule has 1 aromatic carbocycles. The topological polar surface area (TPSA) is 70.8 Å². The summed E-state index contributed by atoms with van der Waals surface area (Å²) in [7, 11) is 3.63. The van der Waals surface area contributed by atoms with Gasteiger partial charge in [0.1, 0.15) is 5.75 Å². The van der Waals surface area contributed by atoms with Crippen LogP contribution in [0.3, 0.4) is 0 Å².